The average molecular weight is 443 g/mol. The number of benzene rings is 1. The van der Waals surface area contributed by atoms with Crippen molar-refractivity contribution in [2.75, 3.05) is 52.5 Å². The first kappa shape index (κ1) is 26.7. The van der Waals surface area contributed by atoms with Crippen molar-refractivity contribution in [3.05, 3.63) is 30.3 Å². The zero-order valence-electron chi connectivity index (χ0n) is 18.3. The van der Waals surface area contributed by atoms with Crippen LogP contribution in [0, 0.1) is 0 Å². The summed E-state index contributed by atoms with van der Waals surface area (Å²) < 4.78 is 5.86. The summed E-state index contributed by atoms with van der Waals surface area (Å²) in [7, 11) is 0. The number of nitrogens with two attached hydrogens (primary N) is 1. The van der Waals surface area contributed by atoms with Gasteiger partial charge in [0.05, 0.1) is 26.2 Å². The molecule has 30 heavy (non-hydrogen) atoms. The lowest BCUT2D eigenvalue weighted by atomic mass is 10.0. The summed E-state index contributed by atoms with van der Waals surface area (Å²) >= 11 is 0. The molecule has 3 N–H and O–H groups in total. The van der Waals surface area contributed by atoms with Crippen molar-refractivity contribution in [3.8, 4) is 0 Å². The first-order valence-electron chi connectivity index (χ1n) is 11.3. The SMILES string of the molecule is Cl.NC(=O)OCCC[N+]1(c2ccccc2)CCCCC1.OCCCN1CCCCC1. The molecule has 172 valence electrons. The number of aliphatic hydroxyl groups is 1. The number of nitrogens with zero attached hydrogens (tertiary/aromatic N) is 2. The number of ether oxygens (including phenoxy) is 1. The molecule has 0 bridgehead atoms. The van der Waals surface area contributed by atoms with Crippen LogP contribution in [-0.2, 0) is 4.74 Å². The second kappa shape index (κ2) is 15.5. The number of para-hydroxylation sites is 1. The number of amides is 1. The normalized spacial score (nSPS) is 18.4. The Kier molecular flexibility index (Phi) is 13.8. The summed E-state index contributed by atoms with van der Waals surface area (Å²) in [6.07, 6.45) is 9.09. The third-order valence-electron chi connectivity index (χ3n) is 6.03. The molecule has 0 aliphatic carbocycles. The maximum Gasteiger partial charge on any atom is 0.404 e. The van der Waals surface area contributed by atoms with E-state index in [1.165, 1.54) is 70.4 Å². The van der Waals surface area contributed by atoms with Gasteiger partial charge in [0.2, 0.25) is 0 Å². The molecule has 0 atom stereocenters. The number of primary amides is 1. The van der Waals surface area contributed by atoms with E-state index in [9.17, 15) is 4.79 Å². The highest BCUT2D eigenvalue weighted by Gasteiger charge is 2.31. The molecule has 2 aliphatic rings. The van der Waals surface area contributed by atoms with Crippen LogP contribution in [0.25, 0.3) is 0 Å². The minimum absolute atomic E-state index is 0. The molecular weight excluding hydrogens is 402 g/mol. The summed E-state index contributed by atoms with van der Waals surface area (Å²) in [5, 5.41) is 8.57. The Bertz CT molecular complexity index is 562. The molecular formula is C23H41ClN3O3+. The minimum Gasteiger partial charge on any atom is -0.449 e. The quantitative estimate of drug-likeness (QED) is 0.472. The van der Waals surface area contributed by atoms with Gasteiger partial charge >= 0.3 is 6.09 Å². The van der Waals surface area contributed by atoms with Crippen LogP contribution in [0.2, 0.25) is 0 Å². The fraction of sp³-hybridized carbons (Fsp3) is 0.696. The molecule has 3 rings (SSSR count). The van der Waals surface area contributed by atoms with Crippen LogP contribution in [-0.4, -0.2) is 68.6 Å². The van der Waals surface area contributed by atoms with E-state index < -0.39 is 6.09 Å². The number of halogens is 1. The molecule has 2 heterocycles. The molecule has 0 aromatic heterocycles. The first-order valence-corrected chi connectivity index (χ1v) is 11.3. The van der Waals surface area contributed by atoms with Crippen molar-refractivity contribution < 1.29 is 14.6 Å². The summed E-state index contributed by atoms with van der Waals surface area (Å²) in [4.78, 5) is 13.0. The van der Waals surface area contributed by atoms with Gasteiger partial charge < -0.3 is 20.5 Å². The molecule has 0 unspecified atom stereocenters. The minimum atomic E-state index is -0.676. The van der Waals surface area contributed by atoms with Crippen LogP contribution in [0.3, 0.4) is 0 Å². The monoisotopic (exact) mass is 442 g/mol. The number of quaternary nitrogens is 1. The molecule has 1 amide bonds. The largest absolute Gasteiger partial charge is 0.449 e. The smallest absolute Gasteiger partial charge is 0.404 e. The topological polar surface area (TPSA) is 75.8 Å². The van der Waals surface area contributed by atoms with E-state index in [-0.39, 0.29) is 12.4 Å². The summed E-state index contributed by atoms with van der Waals surface area (Å²) in [6.45, 7) is 7.73. The molecule has 0 radical (unpaired) electrons. The van der Waals surface area contributed by atoms with E-state index in [1.54, 1.807) is 0 Å². The molecule has 2 saturated heterocycles. The number of likely N-dealkylation sites (tertiary alicyclic amines) is 2. The molecule has 0 saturated carbocycles. The zero-order chi connectivity index (χ0) is 20.8. The molecule has 2 aliphatic heterocycles. The maximum atomic E-state index is 10.6. The predicted molar refractivity (Wildman–Crippen MR) is 126 cm³/mol. The van der Waals surface area contributed by atoms with Crippen LogP contribution in [0.1, 0.15) is 51.4 Å². The third-order valence-corrected chi connectivity index (χ3v) is 6.03. The summed E-state index contributed by atoms with van der Waals surface area (Å²) in [6, 6.07) is 10.7. The first-order chi connectivity index (χ1) is 14.2. The van der Waals surface area contributed by atoms with E-state index in [1.807, 2.05) is 0 Å². The second-order valence-electron chi connectivity index (χ2n) is 8.21. The van der Waals surface area contributed by atoms with Gasteiger partial charge in [-0.3, -0.25) is 4.48 Å². The van der Waals surface area contributed by atoms with Crippen LogP contribution in [0.4, 0.5) is 10.5 Å². The Morgan fingerprint density at radius 1 is 1.00 bits per heavy atom. The fourth-order valence-electron chi connectivity index (χ4n) is 4.49. The zero-order valence-corrected chi connectivity index (χ0v) is 19.2. The summed E-state index contributed by atoms with van der Waals surface area (Å²) in [5.41, 5.74) is 6.37. The Hall–Kier alpha value is -1.34. The van der Waals surface area contributed by atoms with Crippen molar-refractivity contribution in [1.82, 2.24) is 9.38 Å². The fourth-order valence-corrected chi connectivity index (χ4v) is 4.49. The van der Waals surface area contributed by atoms with Crippen molar-refractivity contribution in [2.45, 2.75) is 51.4 Å². The van der Waals surface area contributed by atoms with Gasteiger partial charge in [0.1, 0.15) is 5.69 Å². The van der Waals surface area contributed by atoms with Gasteiger partial charge in [-0.1, -0.05) is 24.6 Å². The van der Waals surface area contributed by atoms with Crippen LogP contribution in [0.15, 0.2) is 30.3 Å². The van der Waals surface area contributed by atoms with Gasteiger partial charge in [0.25, 0.3) is 0 Å². The molecule has 2 fully saturated rings. The standard InChI is InChI=1S/C15H22N2O2.C8H17NO.ClH/c16-15(18)19-13-7-12-17(10-5-2-6-11-17)14-8-3-1-4-9-14;10-8-4-7-9-5-2-1-3-6-9;/h1,3-4,8-9H,2,5-7,10-13H2,(H-,16,18);10H,1-8H2;1H/p+1. The van der Waals surface area contributed by atoms with E-state index in [0.29, 0.717) is 13.2 Å². The van der Waals surface area contributed by atoms with Gasteiger partial charge in [-0.15, -0.1) is 12.4 Å². The van der Waals surface area contributed by atoms with Crippen molar-refractivity contribution >= 4 is 24.2 Å². The van der Waals surface area contributed by atoms with Crippen LogP contribution >= 0.6 is 12.4 Å². The average Bonchev–Trinajstić information content (AvgIpc) is 2.78. The Labute approximate surface area is 188 Å². The van der Waals surface area contributed by atoms with E-state index in [2.05, 4.69) is 35.2 Å². The number of rotatable bonds is 8. The van der Waals surface area contributed by atoms with Crippen molar-refractivity contribution in [1.29, 1.82) is 0 Å². The highest BCUT2D eigenvalue weighted by molar-refractivity contribution is 5.85. The molecule has 6 nitrogen and oxygen atoms in total. The van der Waals surface area contributed by atoms with Gasteiger partial charge in [0, 0.05) is 19.6 Å². The predicted octanol–water partition coefficient (Wildman–Crippen LogP) is 3.94. The summed E-state index contributed by atoms with van der Waals surface area (Å²) in [5.74, 6) is 0. The second-order valence-corrected chi connectivity index (χ2v) is 8.21. The number of aliphatic hydroxyl groups excluding tert-OH is 1. The van der Waals surface area contributed by atoms with Crippen LogP contribution < -0.4 is 10.2 Å². The lowest BCUT2D eigenvalue weighted by Gasteiger charge is -2.41. The number of hydrogen-bond donors (Lipinski definition) is 2. The maximum absolute atomic E-state index is 10.6. The van der Waals surface area contributed by atoms with E-state index in [0.717, 1.165) is 30.4 Å². The molecule has 0 spiro atoms. The van der Waals surface area contributed by atoms with Crippen molar-refractivity contribution in [3.63, 3.8) is 0 Å². The van der Waals surface area contributed by atoms with Gasteiger partial charge in [-0.25, -0.2) is 4.79 Å². The van der Waals surface area contributed by atoms with Gasteiger partial charge in [-0.05, 0) is 63.7 Å². The van der Waals surface area contributed by atoms with Gasteiger partial charge in [0.15, 0.2) is 0 Å². The number of piperidine rings is 2. The van der Waals surface area contributed by atoms with Crippen LogP contribution in [0.5, 0.6) is 0 Å². The Morgan fingerprint density at radius 2 is 1.63 bits per heavy atom. The number of carbonyl (C=O) groups excluding carboxylic acids is 1. The van der Waals surface area contributed by atoms with E-state index >= 15 is 0 Å². The molecule has 7 heteroatoms. The van der Waals surface area contributed by atoms with Crippen molar-refractivity contribution in [2.24, 2.45) is 5.73 Å². The molecule has 1 aromatic rings. The Balaban J connectivity index is 0.000000348. The highest BCUT2D eigenvalue weighted by Crippen LogP contribution is 2.28. The Morgan fingerprint density at radius 3 is 2.23 bits per heavy atom. The number of hydrogen-bond acceptors (Lipinski definition) is 4. The van der Waals surface area contributed by atoms with Gasteiger partial charge in [-0.2, -0.15) is 0 Å². The lowest BCUT2D eigenvalue weighted by Crippen LogP contribution is -2.53. The number of carbonyl (C=O) groups is 1. The molecule has 1 aromatic carbocycles. The highest BCUT2D eigenvalue weighted by atomic mass is 35.5. The van der Waals surface area contributed by atoms with E-state index in [4.69, 9.17) is 15.6 Å². The lowest BCUT2D eigenvalue weighted by molar-refractivity contribution is 0.144. The third kappa shape index (κ3) is 9.65.